The monoisotopic (exact) mass is 375 g/mol. The van der Waals surface area contributed by atoms with Crippen molar-refractivity contribution >= 4 is 5.91 Å². The van der Waals surface area contributed by atoms with Crippen LogP contribution in [0.15, 0.2) is 61.4 Å². The van der Waals surface area contributed by atoms with Crippen LogP contribution >= 0.6 is 0 Å². The summed E-state index contributed by atoms with van der Waals surface area (Å²) in [6.07, 6.45) is 14.4. The lowest BCUT2D eigenvalue weighted by atomic mass is 9.95. The minimum absolute atomic E-state index is 0.246. The number of imidazole rings is 1. The fraction of sp³-hybridized carbons (Fsp3) is 0.364. The van der Waals surface area contributed by atoms with E-state index in [4.69, 9.17) is 0 Å². The normalized spacial score (nSPS) is 14.9. The summed E-state index contributed by atoms with van der Waals surface area (Å²) in [6.45, 7) is 2.42. The maximum absolute atomic E-state index is 12.6. The van der Waals surface area contributed by atoms with Gasteiger partial charge >= 0.3 is 0 Å². The van der Waals surface area contributed by atoms with Crippen molar-refractivity contribution < 1.29 is 4.79 Å². The van der Waals surface area contributed by atoms with Crippen LogP contribution in [0.1, 0.15) is 42.1 Å². The van der Waals surface area contributed by atoms with Crippen molar-refractivity contribution in [3.8, 4) is 0 Å². The third-order valence-electron chi connectivity index (χ3n) is 5.44. The average Bonchev–Trinajstić information content (AvgIpc) is 3.21. The maximum Gasteiger partial charge on any atom is 0.222 e. The smallest absolute Gasteiger partial charge is 0.222 e. The number of hydrogen-bond donors (Lipinski definition) is 0. The summed E-state index contributed by atoms with van der Waals surface area (Å²) >= 11 is 0. The Morgan fingerprint density at radius 1 is 0.929 bits per heavy atom. The van der Waals surface area contributed by atoms with Crippen LogP contribution in [-0.2, 0) is 17.8 Å². The van der Waals surface area contributed by atoms with E-state index in [-0.39, 0.29) is 5.91 Å². The Labute approximate surface area is 165 Å². The Hall–Kier alpha value is -3.02. The van der Waals surface area contributed by atoms with Gasteiger partial charge in [0.15, 0.2) is 0 Å². The first-order valence-electron chi connectivity index (χ1n) is 9.86. The van der Waals surface area contributed by atoms with Gasteiger partial charge < -0.3 is 9.47 Å². The molecule has 6 heteroatoms. The van der Waals surface area contributed by atoms with E-state index in [1.165, 1.54) is 5.56 Å². The predicted octanol–water partition coefficient (Wildman–Crippen LogP) is 3.06. The van der Waals surface area contributed by atoms with Crippen molar-refractivity contribution in [1.29, 1.82) is 0 Å². The second-order valence-electron chi connectivity index (χ2n) is 7.28. The number of piperidine rings is 1. The molecule has 0 spiro atoms. The third kappa shape index (κ3) is 4.44. The Morgan fingerprint density at radius 3 is 2.25 bits per heavy atom. The van der Waals surface area contributed by atoms with Gasteiger partial charge in [-0.25, -0.2) is 4.98 Å². The van der Waals surface area contributed by atoms with Crippen LogP contribution in [0.4, 0.5) is 0 Å². The number of carbonyl (C=O) groups is 1. The van der Waals surface area contributed by atoms with E-state index in [1.807, 2.05) is 54.0 Å². The summed E-state index contributed by atoms with van der Waals surface area (Å²) in [4.78, 5) is 27.3. The molecule has 4 rings (SSSR count). The molecule has 0 unspecified atom stereocenters. The number of pyridine rings is 2. The van der Waals surface area contributed by atoms with Crippen molar-refractivity contribution in [2.75, 3.05) is 13.1 Å². The zero-order valence-electron chi connectivity index (χ0n) is 15.9. The van der Waals surface area contributed by atoms with Crippen molar-refractivity contribution in [2.24, 2.45) is 0 Å². The van der Waals surface area contributed by atoms with Gasteiger partial charge in [-0.05, 0) is 54.7 Å². The molecule has 0 radical (unpaired) electrons. The highest BCUT2D eigenvalue weighted by molar-refractivity contribution is 5.76. The molecule has 144 valence electrons. The van der Waals surface area contributed by atoms with Crippen LogP contribution in [-0.4, -0.2) is 43.4 Å². The van der Waals surface area contributed by atoms with E-state index in [0.29, 0.717) is 12.3 Å². The van der Waals surface area contributed by atoms with Crippen LogP contribution in [0.3, 0.4) is 0 Å². The standard InChI is InChI=1S/C22H25N5O/c28-21(2-1-18-3-9-23-10-4-18)26-14-7-20(8-15-26)22-25-13-16-27(22)17-19-5-11-24-12-6-19/h3-6,9-13,16,20H,1-2,7-8,14-15,17H2. The Balaban J connectivity index is 1.31. The molecule has 1 fully saturated rings. The van der Waals surface area contributed by atoms with Gasteiger partial charge in [0.05, 0.1) is 0 Å². The zero-order chi connectivity index (χ0) is 19.2. The molecule has 1 aliphatic rings. The average molecular weight is 375 g/mol. The molecular weight excluding hydrogens is 350 g/mol. The van der Waals surface area contributed by atoms with Crippen LogP contribution in [0.2, 0.25) is 0 Å². The summed E-state index contributed by atoms with van der Waals surface area (Å²) in [5.41, 5.74) is 2.38. The molecule has 28 heavy (non-hydrogen) atoms. The summed E-state index contributed by atoms with van der Waals surface area (Å²) in [5, 5.41) is 0. The SMILES string of the molecule is O=C(CCc1ccncc1)N1CCC(c2nccn2Cc2ccncc2)CC1. The predicted molar refractivity (Wildman–Crippen MR) is 107 cm³/mol. The summed E-state index contributed by atoms with van der Waals surface area (Å²) in [7, 11) is 0. The molecule has 0 aliphatic carbocycles. The van der Waals surface area contributed by atoms with Crippen molar-refractivity contribution in [1.82, 2.24) is 24.4 Å². The van der Waals surface area contributed by atoms with Gasteiger partial charge in [-0.1, -0.05) is 0 Å². The van der Waals surface area contributed by atoms with E-state index >= 15 is 0 Å². The van der Waals surface area contributed by atoms with Gasteiger partial charge in [0.1, 0.15) is 5.82 Å². The number of rotatable bonds is 6. The van der Waals surface area contributed by atoms with E-state index in [2.05, 4.69) is 19.5 Å². The molecule has 0 N–H and O–H groups in total. The lowest BCUT2D eigenvalue weighted by molar-refractivity contribution is -0.132. The van der Waals surface area contributed by atoms with E-state index in [1.54, 1.807) is 12.4 Å². The lowest BCUT2D eigenvalue weighted by Gasteiger charge is -2.32. The van der Waals surface area contributed by atoms with Crippen molar-refractivity contribution in [3.63, 3.8) is 0 Å². The van der Waals surface area contributed by atoms with E-state index in [9.17, 15) is 4.79 Å². The van der Waals surface area contributed by atoms with Crippen LogP contribution in [0.5, 0.6) is 0 Å². The molecule has 3 aromatic rings. The molecule has 4 heterocycles. The molecule has 0 saturated carbocycles. The maximum atomic E-state index is 12.6. The number of amides is 1. The number of aryl methyl sites for hydroxylation is 1. The van der Waals surface area contributed by atoms with Gasteiger partial charge in [-0.2, -0.15) is 0 Å². The van der Waals surface area contributed by atoms with Crippen LogP contribution in [0, 0.1) is 0 Å². The van der Waals surface area contributed by atoms with Crippen molar-refractivity contribution in [2.45, 2.75) is 38.1 Å². The second-order valence-corrected chi connectivity index (χ2v) is 7.28. The highest BCUT2D eigenvalue weighted by atomic mass is 16.2. The first-order chi connectivity index (χ1) is 13.8. The third-order valence-corrected chi connectivity index (χ3v) is 5.44. The van der Waals surface area contributed by atoms with E-state index in [0.717, 1.165) is 50.3 Å². The minimum Gasteiger partial charge on any atom is -0.343 e. The fourth-order valence-electron chi connectivity index (χ4n) is 3.85. The molecule has 3 aromatic heterocycles. The van der Waals surface area contributed by atoms with Gasteiger partial charge in [-0.15, -0.1) is 0 Å². The molecule has 0 aromatic carbocycles. The van der Waals surface area contributed by atoms with Gasteiger partial charge in [0, 0.05) is 69.2 Å². The lowest BCUT2D eigenvalue weighted by Crippen LogP contribution is -2.38. The molecule has 6 nitrogen and oxygen atoms in total. The van der Waals surface area contributed by atoms with E-state index < -0.39 is 0 Å². The zero-order valence-corrected chi connectivity index (χ0v) is 15.9. The van der Waals surface area contributed by atoms with Crippen LogP contribution < -0.4 is 0 Å². The highest BCUT2D eigenvalue weighted by Crippen LogP contribution is 2.27. The fourth-order valence-corrected chi connectivity index (χ4v) is 3.85. The largest absolute Gasteiger partial charge is 0.343 e. The molecule has 0 bridgehead atoms. The van der Waals surface area contributed by atoms with Crippen LogP contribution in [0.25, 0.3) is 0 Å². The van der Waals surface area contributed by atoms with Gasteiger partial charge in [0.2, 0.25) is 5.91 Å². The number of nitrogens with zero attached hydrogens (tertiary/aromatic N) is 5. The topological polar surface area (TPSA) is 63.9 Å². The number of aromatic nitrogens is 4. The Bertz CT molecular complexity index is 886. The number of carbonyl (C=O) groups excluding carboxylic acids is 1. The molecule has 0 atom stereocenters. The number of hydrogen-bond acceptors (Lipinski definition) is 4. The summed E-state index contributed by atoms with van der Waals surface area (Å²) in [5.74, 6) is 1.78. The Morgan fingerprint density at radius 2 is 1.57 bits per heavy atom. The summed E-state index contributed by atoms with van der Waals surface area (Å²) in [6, 6.07) is 8.02. The number of likely N-dealkylation sites (tertiary alicyclic amines) is 1. The van der Waals surface area contributed by atoms with Crippen molar-refractivity contribution in [3.05, 3.63) is 78.4 Å². The molecular formula is C22H25N5O. The Kier molecular flexibility index (Phi) is 5.75. The second kappa shape index (κ2) is 8.78. The summed E-state index contributed by atoms with van der Waals surface area (Å²) < 4.78 is 2.22. The van der Waals surface area contributed by atoms with Gasteiger partial charge in [-0.3, -0.25) is 14.8 Å². The first kappa shape index (κ1) is 18.3. The highest BCUT2D eigenvalue weighted by Gasteiger charge is 2.26. The van der Waals surface area contributed by atoms with Gasteiger partial charge in [0.25, 0.3) is 0 Å². The minimum atomic E-state index is 0.246. The first-order valence-corrected chi connectivity index (χ1v) is 9.86. The quantitative estimate of drug-likeness (QED) is 0.664. The molecule has 1 amide bonds. The molecule has 1 saturated heterocycles. The molecule has 1 aliphatic heterocycles.